The van der Waals surface area contributed by atoms with E-state index in [4.69, 9.17) is 11.6 Å². The van der Waals surface area contributed by atoms with Crippen molar-refractivity contribution in [2.24, 2.45) is 0 Å². The quantitative estimate of drug-likeness (QED) is 0.763. The number of nitrogens with zero attached hydrogens (tertiary/aromatic N) is 2. The average molecular weight is 251 g/mol. The molecule has 0 spiro atoms. The first-order valence-electron chi connectivity index (χ1n) is 5.30. The minimum Gasteiger partial charge on any atom is -0.235 e. The van der Waals surface area contributed by atoms with Crippen molar-refractivity contribution in [2.75, 3.05) is 0 Å². The fourth-order valence-electron chi connectivity index (χ4n) is 1.55. The summed E-state index contributed by atoms with van der Waals surface area (Å²) < 4.78 is 13.2. The molecule has 0 unspecified atom stereocenters. The summed E-state index contributed by atoms with van der Waals surface area (Å²) in [6, 6.07) is 8.05. The molecule has 88 valence electrons. The predicted octanol–water partition coefficient (Wildman–Crippen LogP) is 3.48. The molecule has 1 aromatic carbocycles. The number of aromatic nitrogens is 2. The van der Waals surface area contributed by atoms with Crippen molar-refractivity contribution in [2.45, 2.75) is 20.3 Å². The van der Waals surface area contributed by atoms with E-state index in [-0.39, 0.29) is 10.8 Å². The van der Waals surface area contributed by atoms with Crippen LogP contribution in [0.3, 0.4) is 0 Å². The standard InChI is InChI=1S/C13H12ClFN2/c1-8-3-5-10(6-4-8)7-11-16-9(2)12(15)13(14)17-11/h3-6H,7H2,1-2H3. The fourth-order valence-corrected chi connectivity index (χ4v) is 1.78. The lowest BCUT2D eigenvalue weighted by atomic mass is 10.1. The summed E-state index contributed by atoms with van der Waals surface area (Å²) in [6.07, 6.45) is 0.557. The van der Waals surface area contributed by atoms with E-state index in [9.17, 15) is 4.39 Å². The number of halogens is 2. The van der Waals surface area contributed by atoms with Gasteiger partial charge in [-0.2, -0.15) is 0 Å². The third-order valence-corrected chi connectivity index (χ3v) is 2.76. The Labute approximate surface area is 104 Å². The van der Waals surface area contributed by atoms with Crippen LogP contribution in [0.5, 0.6) is 0 Å². The van der Waals surface area contributed by atoms with E-state index in [1.54, 1.807) is 6.92 Å². The van der Waals surface area contributed by atoms with E-state index in [1.165, 1.54) is 5.56 Å². The van der Waals surface area contributed by atoms with Gasteiger partial charge in [-0.3, -0.25) is 0 Å². The Kier molecular flexibility index (Phi) is 3.38. The molecule has 0 amide bonds. The van der Waals surface area contributed by atoms with Crippen LogP contribution in [-0.2, 0) is 6.42 Å². The lowest BCUT2D eigenvalue weighted by Gasteiger charge is -2.04. The maximum Gasteiger partial charge on any atom is 0.181 e. The molecule has 4 heteroatoms. The highest BCUT2D eigenvalue weighted by atomic mass is 35.5. The van der Waals surface area contributed by atoms with Gasteiger partial charge in [-0.05, 0) is 19.4 Å². The molecule has 0 bridgehead atoms. The molecule has 0 aliphatic carbocycles. The number of benzene rings is 1. The first kappa shape index (κ1) is 12.0. The van der Waals surface area contributed by atoms with Crippen LogP contribution in [0.25, 0.3) is 0 Å². The number of hydrogen-bond acceptors (Lipinski definition) is 2. The zero-order valence-corrected chi connectivity index (χ0v) is 10.4. The van der Waals surface area contributed by atoms with Crippen LogP contribution in [0.1, 0.15) is 22.6 Å². The van der Waals surface area contributed by atoms with Crippen LogP contribution in [-0.4, -0.2) is 9.97 Å². The van der Waals surface area contributed by atoms with Gasteiger partial charge in [0.15, 0.2) is 11.0 Å². The Balaban J connectivity index is 2.27. The van der Waals surface area contributed by atoms with Gasteiger partial charge in [-0.25, -0.2) is 14.4 Å². The van der Waals surface area contributed by atoms with E-state index in [1.807, 2.05) is 31.2 Å². The Morgan fingerprint density at radius 1 is 1.12 bits per heavy atom. The predicted molar refractivity (Wildman–Crippen MR) is 65.7 cm³/mol. The van der Waals surface area contributed by atoms with Gasteiger partial charge in [0.05, 0.1) is 5.69 Å². The number of hydrogen-bond donors (Lipinski definition) is 0. The molecular weight excluding hydrogens is 239 g/mol. The average Bonchev–Trinajstić information content (AvgIpc) is 2.29. The molecular formula is C13H12ClFN2. The monoisotopic (exact) mass is 250 g/mol. The Morgan fingerprint density at radius 3 is 2.35 bits per heavy atom. The topological polar surface area (TPSA) is 25.8 Å². The lowest BCUT2D eigenvalue weighted by molar-refractivity contribution is 0.597. The second kappa shape index (κ2) is 4.80. The smallest absolute Gasteiger partial charge is 0.181 e. The van der Waals surface area contributed by atoms with E-state index < -0.39 is 5.82 Å². The highest BCUT2D eigenvalue weighted by Gasteiger charge is 2.09. The molecule has 0 fully saturated rings. The normalized spacial score (nSPS) is 10.6. The van der Waals surface area contributed by atoms with Crippen LogP contribution in [0.15, 0.2) is 24.3 Å². The van der Waals surface area contributed by atoms with E-state index in [0.29, 0.717) is 12.2 Å². The van der Waals surface area contributed by atoms with Crippen molar-refractivity contribution in [1.82, 2.24) is 9.97 Å². The summed E-state index contributed by atoms with van der Waals surface area (Å²) in [7, 11) is 0. The molecule has 2 aromatic rings. The van der Waals surface area contributed by atoms with Crippen LogP contribution >= 0.6 is 11.6 Å². The maximum absolute atomic E-state index is 13.2. The summed E-state index contributed by atoms with van der Waals surface area (Å²) in [6.45, 7) is 3.61. The largest absolute Gasteiger partial charge is 0.235 e. The summed E-state index contributed by atoms with van der Waals surface area (Å²) in [5.74, 6) is -0.00271. The molecule has 0 atom stereocenters. The summed E-state index contributed by atoms with van der Waals surface area (Å²) >= 11 is 5.68. The number of aryl methyl sites for hydroxylation is 2. The van der Waals surface area contributed by atoms with Crippen molar-refractivity contribution in [3.05, 3.63) is 57.9 Å². The molecule has 0 aliphatic heterocycles. The van der Waals surface area contributed by atoms with Crippen LogP contribution in [0.2, 0.25) is 5.15 Å². The van der Waals surface area contributed by atoms with Gasteiger partial charge in [0.25, 0.3) is 0 Å². The van der Waals surface area contributed by atoms with Crippen molar-refractivity contribution in [3.8, 4) is 0 Å². The zero-order valence-electron chi connectivity index (χ0n) is 9.67. The third-order valence-electron chi connectivity index (χ3n) is 2.51. The van der Waals surface area contributed by atoms with Crippen molar-refractivity contribution < 1.29 is 4.39 Å². The van der Waals surface area contributed by atoms with Crippen molar-refractivity contribution in [1.29, 1.82) is 0 Å². The fraction of sp³-hybridized carbons (Fsp3) is 0.231. The highest BCUT2D eigenvalue weighted by Crippen LogP contribution is 2.15. The second-order valence-electron chi connectivity index (χ2n) is 3.99. The van der Waals surface area contributed by atoms with Crippen LogP contribution < -0.4 is 0 Å². The zero-order chi connectivity index (χ0) is 12.4. The Bertz CT molecular complexity index is 515. The van der Waals surface area contributed by atoms with E-state index in [0.717, 1.165) is 5.56 Å². The summed E-state index contributed by atoms with van der Waals surface area (Å²) in [5.41, 5.74) is 2.56. The molecule has 1 aromatic heterocycles. The highest BCUT2D eigenvalue weighted by molar-refractivity contribution is 6.29. The molecule has 1 heterocycles. The number of rotatable bonds is 2. The van der Waals surface area contributed by atoms with Gasteiger partial charge < -0.3 is 0 Å². The molecule has 0 N–H and O–H groups in total. The van der Waals surface area contributed by atoms with Gasteiger partial charge in [0.2, 0.25) is 0 Å². The van der Waals surface area contributed by atoms with Crippen molar-refractivity contribution in [3.63, 3.8) is 0 Å². The molecule has 0 saturated heterocycles. The molecule has 17 heavy (non-hydrogen) atoms. The van der Waals surface area contributed by atoms with Gasteiger partial charge in [0, 0.05) is 6.42 Å². The summed E-state index contributed by atoms with van der Waals surface area (Å²) in [4.78, 5) is 8.01. The Morgan fingerprint density at radius 2 is 1.76 bits per heavy atom. The second-order valence-corrected chi connectivity index (χ2v) is 4.35. The lowest BCUT2D eigenvalue weighted by Crippen LogP contribution is -2.02. The van der Waals surface area contributed by atoms with Crippen molar-refractivity contribution >= 4 is 11.6 Å². The Hall–Kier alpha value is -1.48. The minimum absolute atomic E-state index is 0.111. The summed E-state index contributed by atoms with van der Waals surface area (Å²) in [5, 5.41) is -0.111. The minimum atomic E-state index is -0.542. The molecule has 0 radical (unpaired) electrons. The third kappa shape index (κ3) is 2.80. The van der Waals surface area contributed by atoms with Gasteiger partial charge in [-0.15, -0.1) is 0 Å². The van der Waals surface area contributed by atoms with E-state index >= 15 is 0 Å². The van der Waals surface area contributed by atoms with Crippen LogP contribution in [0, 0.1) is 19.7 Å². The molecule has 2 rings (SSSR count). The molecule has 2 nitrogen and oxygen atoms in total. The SMILES string of the molecule is Cc1ccc(Cc2nc(C)c(F)c(Cl)n2)cc1. The van der Waals surface area contributed by atoms with Gasteiger partial charge in [-0.1, -0.05) is 41.4 Å². The molecule has 0 aliphatic rings. The van der Waals surface area contributed by atoms with Crippen LogP contribution in [0.4, 0.5) is 4.39 Å². The first-order chi connectivity index (χ1) is 8.06. The van der Waals surface area contributed by atoms with Gasteiger partial charge in [0.1, 0.15) is 5.82 Å². The van der Waals surface area contributed by atoms with Gasteiger partial charge >= 0.3 is 0 Å². The first-order valence-corrected chi connectivity index (χ1v) is 5.68. The van der Waals surface area contributed by atoms with E-state index in [2.05, 4.69) is 9.97 Å². The molecule has 0 saturated carbocycles. The maximum atomic E-state index is 13.2.